The standard InChI is InChI=1S/C14H13BrN2O4/c1-9-5-12(20-2)6-10(16-9)8-21-14-7-11(17(18)19)3-4-13(14)15/h3-7H,8H2,1-2H3. The van der Waals surface area contributed by atoms with Crippen LogP contribution in [0.4, 0.5) is 5.69 Å². The third-order valence-corrected chi connectivity index (χ3v) is 3.37. The summed E-state index contributed by atoms with van der Waals surface area (Å²) in [5, 5.41) is 10.8. The molecule has 0 atom stereocenters. The van der Waals surface area contributed by atoms with Crippen LogP contribution < -0.4 is 9.47 Å². The topological polar surface area (TPSA) is 74.5 Å². The molecule has 2 rings (SSSR count). The Morgan fingerprint density at radius 2 is 2.10 bits per heavy atom. The molecule has 1 aromatic carbocycles. The Balaban J connectivity index is 2.18. The second-order valence-electron chi connectivity index (χ2n) is 4.30. The van der Waals surface area contributed by atoms with Crippen molar-refractivity contribution in [2.45, 2.75) is 13.5 Å². The number of nitro benzene ring substituents is 1. The highest BCUT2D eigenvalue weighted by atomic mass is 79.9. The molecule has 0 spiro atoms. The van der Waals surface area contributed by atoms with Crippen molar-refractivity contribution >= 4 is 21.6 Å². The van der Waals surface area contributed by atoms with Crippen LogP contribution in [-0.2, 0) is 6.61 Å². The molecular formula is C14H13BrN2O4. The van der Waals surface area contributed by atoms with E-state index in [1.54, 1.807) is 19.2 Å². The van der Waals surface area contributed by atoms with Gasteiger partial charge in [0.05, 0.1) is 28.3 Å². The highest BCUT2D eigenvalue weighted by molar-refractivity contribution is 9.10. The highest BCUT2D eigenvalue weighted by Gasteiger charge is 2.11. The molecule has 0 fully saturated rings. The van der Waals surface area contributed by atoms with E-state index in [1.807, 2.05) is 13.0 Å². The van der Waals surface area contributed by atoms with Crippen molar-refractivity contribution in [3.05, 3.63) is 56.3 Å². The molecular weight excluding hydrogens is 340 g/mol. The van der Waals surface area contributed by atoms with Crippen molar-refractivity contribution in [1.29, 1.82) is 0 Å². The number of pyridine rings is 1. The first-order valence-electron chi connectivity index (χ1n) is 6.08. The Bertz CT molecular complexity index is 676. The fourth-order valence-corrected chi connectivity index (χ4v) is 2.12. The van der Waals surface area contributed by atoms with Crippen LogP contribution in [0, 0.1) is 17.0 Å². The Kier molecular flexibility index (Phi) is 4.74. The predicted molar refractivity (Wildman–Crippen MR) is 80.7 cm³/mol. The van der Waals surface area contributed by atoms with Gasteiger partial charge >= 0.3 is 0 Å². The van der Waals surface area contributed by atoms with Crippen LogP contribution in [0.2, 0.25) is 0 Å². The minimum atomic E-state index is -0.465. The van der Waals surface area contributed by atoms with Crippen LogP contribution in [-0.4, -0.2) is 17.0 Å². The smallest absolute Gasteiger partial charge is 0.273 e. The maximum Gasteiger partial charge on any atom is 0.273 e. The molecule has 1 heterocycles. The van der Waals surface area contributed by atoms with Crippen molar-refractivity contribution in [2.24, 2.45) is 0 Å². The van der Waals surface area contributed by atoms with Crippen molar-refractivity contribution in [2.75, 3.05) is 7.11 Å². The van der Waals surface area contributed by atoms with Crippen molar-refractivity contribution < 1.29 is 14.4 Å². The van der Waals surface area contributed by atoms with Crippen LogP contribution in [0.1, 0.15) is 11.4 Å². The molecule has 0 N–H and O–H groups in total. The summed E-state index contributed by atoms with van der Waals surface area (Å²) in [6.07, 6.45) is 0. The van der Waals surface area contributed by atoms with Crippen molar-refractivity contribution in [3.63, 3.8) is 0 Å². The zero-order valence-corrected chi connectivity index (χ0v) is 13.1. The third-order valence-electron chi connectivity index (χ3n) is 2.72. The maximum absolute atomic E-state index is 10.8. The van der Waals surface area contributed by atoms with Crippen LogP contribution in [0.3, 0.4) is 0 Å². The number of ether oxygens (including phenoxy) is 2. The molecule has 0 bridgehead atoms. The predicted octanol–water partition coefficient (Wildman–Crippen LogP) is 3.65. The van der Waals surface area contributed by atoms with Gasteiger partial charge in [0.25, 0.3) is 5.69 Å². The van der Waals surface area contributed by atoms with Gasteiger partial charge in [-0.25, -0.2) is 0 Å². The van der Waals surface area contributed by atoms with Gasteiger partial charge in [0, 0.05) is 23.9 Å². The van der Waals surface area contributed by atoms with Gasteiger partial charge in [-0.3, -0.25) is 15.1 Å². The summed E-state index contributed by atoms with van der Waals surface area (Å²) >= 11 is 3.30. The first-order valence-corrected chi connectivity index (χ1v) is 6.87. The average molecular weight is 353 g/mol. The average Bonchev–Trinajstić information content (AvgIpc) is 2.45. The largest absolute Gasteiger partial charge is 0.497 e. The first kappa shape index (κ1) is 15.2. The van der Waals surface area contributed by atoms with Crippen LogP contribution >= 0.6 is 15.9 Å². The molecule has 0 amide bonds. The number of benzene rings is 1. The van der Waals surface area contributed by atoms with Gasteiger partial charge in [0.2, 0.25) is 0 Å². The molecule has 0 aliphatic carbocycles. The molecule has 0 saturated heterocycles. The molecule has 0 aliphatic rings. The van der Waals surface area contributed by atoms with E-state index in [4.69, 9.17) is 9.47 Å². The van der Waals surface area contributed by atoms with Gasteiger partial charge in [-0.05, 0) is 28.9 Å². The number of aryl methyl sites for hydroxylation is 1. The number of non-ortho nitro benzene ring substituents is 1. The number of nitro groups is 1. The van der Waals surface area contributed by atoms with Gasteiger partial charge in [-0.2, -0.15) is 0 Å². The summed E-state index contributed by atoms with van der Waals surface area (Å²) in [6, 6.07) is 7.94. The molecule has 0 saturated carbocycles. The van der Waals surface area contributed by atoms with Gasteiger partial charge < -0.3 is 9.47 Å². The lowest BCUT2D eigenvalue weighted by molar-refractivity contribution is -0.385. The second kappa shape index (κ2) is 6.53. The van der Waals surface area contributed by atoms with Gasteiger partial charge in [-0.15, -0.1) is 0 Å². The van der Waals surface area contributed by atoms with Gasteiger partial charge in [0.1, 0.15) is 18.1 Å². The van der Waals surface area contributed by atoms with E-state index in [-0.39, 0.29) is 12.3 Å². The number of nitrogens with zero attached hydrogens (tertiary/aromatic N) is 2. The Morgan fingerprint density at radius 1 is 1.33 bits per heavy atom. The molecule has 0 aliphatic heterocycles. The highest BCUT2D eigenvalue weighted by Crippen LogP contribution is 2.30. The van der Waals surface area contributed by atoms with E-state index >= 15 is 0 Å². The molecule has 21 heavy (non-hydrogen) atoms. The van der Waals surface area contributed by atoms with E-state index in [0.717, 1.165) is 5.69 Å². The summed E-state index contributed by atoms with van der Waals surface area (Å²) in [5.74, 6) is 1.09. The summed E-state index contributed by atoms with van der Waals surface area (Å²) in [5.41, 5.74) is 1.47. The normalized spacial score (nSPS) is 10.2. The molecule has 7 heteroatoms. The van der Waals surface area contributed by atoms with E-state index in [9.17, 15) is 10.1 Å². The molecule has 110 valence electrons. The Hall–Kier alpha value is -2.15. The van der Waals surface area contributed by atoms with Crippen molar-refractivity contribution in [1.82, 2.24) is 4.98 Å². The van der Waals surface area contributed by atoms with Crippen LogP contribution in [0.5, 0.6) is 11.5 Å². The molecule has 0 radical (unpaired) electrons. The van der Waals surface area contributed by atoms with Crippen molar-refractivity contribution in [3.8, 4) is 11.5 Å². The van der Waals surface area contributed by atoms with Crippen LogP contribution in [0.15, 0.2) is 34.8 Å². The zero-order chi connectivity index (χ0) is 15.4. The number of methoxy groups -OCH3 is 1. The Morgan fingerprint density at radius 3 is 2.76 bits per heavy atom. The Labute approximate surface area is 130 Å². The lowest BCUT2D eigenvalue weighted by Gasteiger charge is -2.09. The summed E-state index contributed by atoms with van der Waals surface area (Å²) < 4.78 is 11.4. The molecule has 2 aromatic rings. The van der Waals surface area contributed by atoms with Gasteiger partial charge in [-0.1, -0.05) is 0 Å². The van der Waals surface area contributed by atoms with Gasteiger partial charge in [0.15, 0.2) is 0 Å². The minimum absolute atomic E-state index is 0.0250. The SMILES string of the molecule is COc1cc(C)nc(COc2cc([N+](=O)[O-])ccc2Br)c1. The van der Waals surface area contributed by atoms with E-state index in [1.165, 1.54) is 12.1 Å². The van der Waals surface area contributed by atoms with E-state index in [0.29, 0.717) is 21.7 Å². The van der Waals surface area contributed by atoms with Crippen LogP contribution in [0.25, 0.3) is 0 Å². The second-order valence-corrected chi connectivity index (χ2v) is 5.15. The lowest BCUT2D eigenvalue weighted by Crippen LogP contribution is -2.01. The number of halogens is 1. The molecule has 6 nitrogen and oxygen atoms in total. The zero-order valence-electron chi connectivity index (χ0n) is 11.5. The first-order chi connectivity index (χ1) is 9.99. The lowest BCUT2D eigenvalue weighted by atomic mass is 10.3. The number of aromatic nitrogens is 1. The monoisotopic (exact) mass is 352 g/mol. The summed E-state index contributed by atoms with van der Waals surface area (Å²) in [6.45, 7) is 2.05. The fraction of sp³-hybridized carbons (Fsp3) is 0.214. The minimum Gasteiger partial charge on any atom is -0.497 e. The maximum atomic E-state index is 10.8. The quantitative estimate of drug-likeness (QED) is 0.606. The molecule has 1 aromatic heterocycles. The number of hydrogen-bond acceptors (Lipinski definition) is 5. The summed E-state index contributed by atoms with van der Waals surface area (Å²) in [4.78, 5) is 14.6. The van der Waals surface area contributed by atoms with E-state index < -0.39 is 4.92 Å². The molecule has 0 unspecified atom stereocenters. The fourth-order valence-electron chi connectivity index (χ4n) is 1.76. The number of hydrogen-bond donors (Lipinski definition) is 0. The third kappa shape index (κ3) is 3.91. The van der Waals surface area contributed by atoms with E-state index in [2.05, 4.69) is 20.9 Å². The number of rotatable bonds is 5. The summed E-state index contributed by atoms with van der Waals surface area (Å²) in [7, 11) is 1.58.